The molecule has 7 heteroatoms. The van der Waals surface area contributed by atoms with E-state index < -0.39 is 5.92 Å². The van der Waals surface area contributed by atoms with E-state index in [1.54, 1.807) is 46.8 Å². The van der Waals surface area contributed by atoms with Gasteiger partial charge in [0.05, 0.1) is 30.4 Å². The maximum atomic E-state index is 13.3. The van der Waals surface area contributed by atoms with Crippen molar-refractivity contribution in [3.63, 3.8) is 0 Å². The Hall–Kier alpha value is -3.06. The molecule has 2 amide bonds. The van der Waals surface area contributed by atoms with Gasteiger partial charge in [-0.3, -0.25) is 19.6 Å². The first-order valence-electron chi connectivity index (χ1n) is 9.46. The van der Waals surface area contributed by atoms with Crippen molar-refractivity contribution < 1.29 is 9.59 Å². The maximum Gasteiger partial charge on any atom is 0.228 e. The Bertz CT molecular complexity index is 989. The summed E-state index contributed by atoms with van der Waals surface area (Å²) in [4.78, 5) is 39.1. The van der Waals surface area contributed by atoms with Gasteiger partial charge in [-0.2, -0.15) is 0 Å². The fourth-order valence-corrected chi connectivity index (χ4v) is 4.65. The van der Waals surface area contributed by atoms with Crippen LogP contribution in [0.1, 0.15) is 28.6 Å². The van der Waals surface area contributed by atoms with E-state index in [0.717, 1.165) is 21.8 Å². The number of rotatable bonds is 5. The molecule has 148 valence electrons. The van der Waals surface area contributed by atoms with Crippen LogP contribution in [0.25, 0.3) is 0 Å². The lowest BCUT2D eigenvalue weighted by atomic mass is 9.97. The summed E-state index contributed by atoms with van der Waals surface area (Å²) >= 11 is 1.57. The van der Waals surface area contributed by atoms with Crippen molar-refractivity contribution in [2.75, 3.05) is 11.9 Å². The second-order valence-electron chi connectivity index (χ2n) is 7.26. The number of amides is 2. The van der Waals surface area contributed by atoms with E-state index in [-0.39, 0.29) is 24.3 Å². The average Bonchev–Trinajstić information content (AvgIpc) is 3.36. The molecule has 0 radical (unpaired) electrons. The van der Waals surface area contributed by atoms with Crippen molar-refractivity contribution in [3.8, 4) is 0 Å². The quantitative estimate of drug-likeness (QED) is 0.649. The zero-order valence-corrected chi connectivity index (χ0v) is 17.2. The maximum absolute atomic E-state index is 13.3. The van der Waals surface area contributed by atoms with Gasteiger partial charge in [0.1, 0.15) is 0 Å². The first-order chi connectivity index (χ1) is 14.0. The van der Waals surface area contributed by atoms with Crippen LogP contribution < -0.4 is 4.90 Å². The standard InChI is InChI=1S/C22H22N4O2S/c1-15-5-7-17(8-6-15)26-20(27)12-18(21(26)19-4-3-11-29-19)22(28)25(2)14-16-13-23-9-10-24-16/h3-11,13,18,21H,12,14H2,1-2H3. The molecular formula is C22H22N4O2S. The number of aromatic nitrogens is 2. The Balaban J connectivity index is 1.64. The highest BCUT2D eigenvalue weighted by molar-refractivity contribution is 7.10. The van der Waals surface area contributed by atoms with Crippen molar-refractivity contribution in [1.29, 1.82) is 0 Å². The molecule has 3 heterocycles. The largest absolute Gasteiger partial charge is 0.339 e. The molecule has 6 nitrogen and oxygen atoms in total. The fraction of sp³-hybridized carbons (Fsp3) is 0.273. The highest BCUT2D eigenvalue weighted by Gasteiger charge is 2.46. The number of aryl methyl sites for hydroxylation is 1. The third kappa shape index (κ3) is 3.91. The first kappa shape index (κ1) is 19.3. The topological polar surface area (TPSA) is 66.4 Å². The molecule has 2 unspecified atom stereocenters. The Morgan fingerprint density at radius 1 is 1.24 bits per heavy atom. The second-order valence-corrected chi connectivity index (χ2v) is 8.24. The average molecular weight is 407 g/mol. The SMILES string of the molecule is Cc1ccc(N2C(=O)CC(C(=O)N(C)Cc3cnccn3)C2c2cccs2)cc1. The van der Waals surface area contributed by atoms with E-state index in [1.807, 2.05) is 48.7 Å². The van der Waals surface area contributed by atoms with E-state index in [9.17, 15) is 9.59 Å². The summed E-state index contributed by atoms with van der Waals surface area (Å²) in [7, 11) is 1.75. The number of hydrogen-bond donors (Lipinski definition) is 0. The van der Waals surface area contributed by atoms with Crippen LogP contribution in [0.2, 0.25) is 0 Å². The Kier molecular flexibility index (Phi) is 5.40. The van der Waals surface area contributed by atoms with Crippen molar-refractivity contribution >= 4 is 28.8 Å². The van der Waals surface area contributed by atoms with Gasteiger partial charge < -0.3 is 9.80 Å². The Labute approximate surface area is 173 Å². The minimum Gasteiger partial charge on any atom is -0.339 e. The molecule has 1 aromatic carbocycles. The van der Waals surface area contributed by atoms with Crippen LogP contribution in [0.5, 0.6) is 0 Å². The molecule has 0 aliphatic carbocycles. The summed E-state index contributed by atoms with van der Waals surface area (Å²) in [6.45, 7) is 2.37. The fourth-order valence-electron chi connectivity index (χ4n) is 3.77. The molecule has 0 saturated carbocycles. The number of thiophene rings is 1. The van der Waals surface area contributed by atoms with Crippen LogP contribution in [-0.4, -0.2) is 33.7 Å². The smallest absolute Gasteiger partial charge is 0.228 e. The molecule has 0 spiro atoms. The monoisotopic (exact) mass is 406 g/mol. The van der Waals surface area contributed by atoms with E-state index in [4.69, 9.17) is 0 Å². The van der Waals surface area contributed by atoms with Crippen molar-refractivity contribution in [2.24, 2.45) is 5.92 Å². The molecule has 3 aromatic rings. The summed E-state index contributed by atoms with van der Waals surface area (Å²) in [5.74, 6) is -0.528. The molecule has 1 fully saturated rings. The molecule has 2 atom stereocenters. The number of carbonyl (C=O) groups excluding carboxylic acids is 2. The first-order valence-corrected chi connectivity index (χ1v) is 10.3. The van der Waals surface area contributed by atoms with Crippen LogP contribution in [0.4, 0.5) is 5.69 Å². The molecule has 1 saturated heterocycles. The normalized spacial score (nSPS) is 18.8. The molecular weight excluding hydrogens is 384 g/mol. The minimum absolute atomic E-state index is 0.0292. The van der Waals surface area contributed by atoms with E-state index in [2.05, 4.69) is 9.97 Å². The summed E-state index contributed by atoms with van der Waals surface area (Å²) in [6, 6.07) is 11.5. The van der Waals surface area contributed by atoms with Crippen molar-refractivity contribution in [1.82, 2.24) is 14.9 Å². The number of carbonyl (C=O) groups is 2. The molecule has 4 rings (SSSR count). The third-order valence-corrected chi connectivity index (χ3v) is 6.12. The summed E-state index contributed by atoms with van der Waals surface area (Å²) in [5.41, 5.74) is 2.67. The lowest BCUT2D eigenvalue weighted by molar-refractivity contribution is -0.135. The van der Waals surface area contributed by atoms with Crippen LogP contribution in [-0.2, 0) is 16.1 Å². The van der Waals surface area contributed by atoms with Crippen molar-refractivity contribution in [2.45, 2.75) is 25.9 Å². The van der Waals surface area contributed by atoms with Gasteiger partial charge in [0, 0.05) is 36.4 Å². The van der Waals surface area contributed by atoms with E-state index in [0.29, 0.717) is 6.54 Å². The lowest BCUT2D eigenvalue weighted by Crippen LogP contribution is -2.36. The third-order valence-electron chi connectivity index (χ3n) is 5.18. The predicted octanol–water partition coefficient (Wildman–Crippen LogP) is 3.60. The summed E-state index contributed by atoms with van der Waals surface area (Å²) < 4.78 is 0. The number of benzene rings is 1. The van der Waals surface area contributed by atoms with Gasteiger partial charge in [-0.1, -0.05) is 23.8 Å². The molecule has 2 aromatic heterocycles. The molecule has 29 heavy (non-hydrogen) atoms. The predicted molar refractivity (Wildman–Crippen MR) is 112 cm³/mol. The van der Waals surface area contributed by atoms with Gasteiger partial charge in [-0.05, 0) is 30.5 Å². The zero-order chi connectivity index (χ0) is 20.4. The van der Waals surface area contributed by atoms with Crippen molar-refractivity contribution in [3.05, 3.63) is 76.5 Å². The highest BCUT2D eigenvalue weighted by Crippen LogP contribution is 2.43. The van der Waals surface area contributed by atoms with Crippen LogP contribution >= 0.6 is 11.3 Å². The molecule has 0 N–H and O–H groups in total. The summed E-state index contributed by atoms with van der Waals surface area (Å²) in [5, 5.41) is 1.98. The van der Waals surface area contributed by atoms with Gasteiger partial charge in [0.15, 0.2) is 0 Å². The summed E-state index contributed by atoms with van der Waals surface area (Å²) in [6.07, 6.45) is 5.06. The van der Waals surface area contributed by atoms with Crippen LogP contribution in [0.15, 0.2) is 60.4 Å². The zero-order valence-electron chi connectivity index (χ0n) is 16.4. The number of hydrogen-bond acceptors (Lipinski definition) is 5. The molecule has 0 bridgehead atoms. The molecule has 1 aliphatic rings. The van der Waals surface area contributed by atoms with Gasteiger partial charge in [0.25, 0.3) is 0 Å². The van der Waals surface area contributed by atoms with Crippen LogP contribution in [0, 0.1) is 12.8 Å². The Morgan fingerprint density at radius 3 is 2.69 bits per heavy atom. The molecule has 1 aliphatic heterocycles. The van der Waals surface area contributed by atoms with Gasteiger partial charge in [0.2, 0.25) is 11.8 Å². The van der Waals surface area contributed by atoms with E-state index >= 15 is 0 Å². The van der Waals surface area contributed by atoms with Gasteiger partial charge >= 0.3 is 0 Å². The van der Waals surface area contributed by atoms with Crippen LogP contribution in [0.3, 0.4) is 0 Å². The minimum atomic E-state index is -0.441. The number of anilines is 1. The van der Waals surface area contributed by atoms with E-state index in [1.165, 1.54) is 0 Å². The van der Waals surface area contributed by atoms with Gasteiger partial charge in [-0.15, -0.1) is 11.3 Å². The number of nitrogens with zero attached hydrogens (tertiary/aromatic N) is 4. The Morgan fingerprint density at radius 2 is 2.03 bits per heavy atom. The highest BCUT2D eigenvalue weighted by atomic mass is 32.1. The lowest BCUT2D eigenvalue weighted by Gasteiger charge is -2.29. The van der Waals surface area contributed by atoms with Gasteiger partial charge in [-0.25, -0.2) is 0 Å². The second kappa shape index (κ2) is 8.13.